The highest BCUT2D eigenvalue weighted by Gasteiger charge is 1.97. The van der Waals surface area contributed by atoms with Crippen LogP contribution in [0.1, 0.15) is 12.5 Å². The largest absolute Gasteiger partial charge is 0.371 e. The van der Waals surface area contributed by atoms with Crippen LogP contribution in [-0.4, -0.2) is 19.5 Å². The van der Waals surface area contributed by atoms with Crippen molar-refractivity contribution in [2.75, 3.05) is 24.4 Å². The number of halogens is 1. The maximum atomic E-state index is 5.57. The van der Waals surface area contributed by atoms with Crippen molar-refractivity contribution in [3.8, 4) is 0 Å². The van der Waals surface area contributed by atoms with Crippen LogP contribution in [0, 0.1) is 0 Å². The van der Waals surface area contributed by atoms with Crippen molar-refractivity contribution in [3.05, 3.63) is 42.0 Å². The number of rotatable bonds is 5. The Morgan fingerprint density at radius 3 is 2.40 bits per heavy atom. The molecule has 0 aliphatic carbocycles. The summed E-state index contributed by atoms with van der Waals surface area (Å²) in [5.41, 5.74) is 2.62. The van der Waals surface area contributed by atoms with E-state index < -0.39 is 0 Å². The number of hydrogen-bond acceptors (Lipinski definition) is 1. The molecule has 0 aliphatic heterocycles. The van der Waals surface area contributed by atoms with E-state index in [1.807, 2.05) is 6.08 Å². The zero-order valence-electron chi connectivity index (χ0n) is 9.41. The lowest BCUT2D eigenvalue weighted by Crippen LogP contribution is -2.16. The van der Waals surface area contributed by atoms with Gasteiger partial charge in [0.05, 0.1) is 0 Å². The summed E-state index contributed by atoms with van der Waals surface area (Å²) in [7, 11) is 2.08. The third-order valence-corrected chi connectivity index (χ3v) is 2.60. The Morgan fingerprint density at radius 2 is 1.87 bits per heavy atom. The Kier molecular flexibility index (Phi) is 5.27. The monoisotopic (exact) mass is 223 g/mol. The van der Waals surface area contributed by atoms with Gasteiger partial charge in [0, 0.05) is 25.2 Å². The molecule has 0 saturated heterocycles. The summed E-state index contributed by atoms with van der Waals surface area (Å²) in [6, 6.07) is 8.68. The molecule has 0 saturated carbocycles. The molecule has 0 N–H and O–H groups in total. The van der Waals surface area contributed by atoms with E-state index in [-0.39, 0.29) is 0 Å². The molecule has 0 fully saturated rings. The van der Waals surface area contributed by atoms with E-state index in [0.29, 0.717) is 5.88 Å². The van der Waals surface area contributed by atoms with Gasteiger partial charge in [0.15, 0.2) is 0 Å². The van der Waals surface area contributed by atoms with Crippen molar-refractivity contribution in [2.45, 2.75) is 13.3 Å². The van der Waals surface area contributed by atoms with Crippen LogP contribution in [0.3, 0.4) is 0 Å². The molecule has 1 nitrogen and oxygen atoms in total. The van der Waals surface area contributed by atoms with E-state index in [2.05, 4.69) is 49.2 Å². The first-order valence-corrected chi connectivity index (χ1v) is 5.82. The van der Waals surface area contributed by atoms with Crippen LogP contribution in [0.15, 0.2) is 36.4 Å². The van der Waals surface area contributed by atoms with Crippen molar-refractivity contribution in [1.29, 1.82) is 0 Å². The van der Waals surface area contributed by atoms with Gasteiger partial charge in [0.25, 0.3) is 0 Å². The first kappa shape index (κ1) is 12.1. The summed E-state index contributed by atoms with van der Waals surface area (Å²) in [4.78, 5) is 2.20. The molecule has 0 aliphatic rings. The molecule has 1 aromatic carbocycles. The van der Waals surface area contributed by atoms with E-state index >= 15 is 0 Å². The Hall–Kier alpha value is -0.950. The van der Waals surface area contributed by atoms with E-state index in [4.69, 9.17) is 11.6 Å². The first-order valence-electron chi connectivity index (χ1n) is 5.29. The smallest absolute Gasteiger partial charge is 0.0404 e. The zero-order chi connectivity index (χ0) is 11.1. The highest BCUT2D eigenvalue weighted by atomic mass is 35.5. The molecular weight excluding hydrogens is 206 g/mol. The lowest BCUT2D eigenvalue weighted by molar-refractivity contribution is 1.02. The Bertz CT molecular complexity index is 303. The predicted molar refractivity (Wildman–Crippen MR) is 69.0 cm³/mol. The Balaban J connectivity index is 2.57. The lowest BCUT2D eigenvalue weighted by atomic mass is 10.1. The number of aryl methyl sites for hydroxylation is 1. The molecular formula is C13H18ClN. The molecule has 0 aromatic heterocycles. The van der Waals surface area contributed by atoms with Crippen LogP contribution in [-0.2, 0) is 6.42 Å². The van der Waals surface area contributed by atoms with Crippen LogP contribution in [0.4, 0.5) is 5.69 Å². The van der Waals surface area contributed by atoms with Crippen LogP contribution >= 0.6 is 11.6 Å². The van der Waals surface area contributed by atoms with Crippen LogP contribution in [0.25, 0.3) is 0 Å². The number of anilines is 1. The van der Waals surface area contributed by atoms with Gasteiger partial charge in [0.1, 0.15) is 0 Å². The first-order chi connectivity index (χ1) is 7.27. The summed E-state index contributed by atoms with van der Waals surface area (Å²) < 4.78 is 0. The normalized spacial score (nSPS) is 10.9. The van der Waals surface area contributed by atoms with Gasteiger partial charge in [0.2, 0.25) is 0 Å². The van der Waals surface area contributed by atoms with E-state index in [0.717, 1.165) is 13.0 Å². The summed E-state index contributed by atoms with van der Waals surface area (Å²) in [5, 5.41) is 0. The van der Waals surface area contributed by atoms with Crippen molar-refractivity contribution >= 4 is 17.3 Å². The van der Waals surface area contributed by atoms with Crippen LogP contribution < -0.4 is 4.90 Å². The summed E-state index contributed by atoms with van der Waals surface area (Å²) in [6.45, 7) is 3.07. The number of hydrogen-bond donors (Lipinski definition) is 0. The minimum absolute atomic E-state index is 0.586. The standard InChI is InChI=1S/C13H18ClN/c1-3-12-6-8-13(9-7-12)15(2)11-5-4-10-14/h4-9H,3,10-11H2,1-2H3. The minimum atomic E-state index is 0.586. The molecule has 15 heavy (non-hydrogen) atoms. The van der Waals surface area contributed by atoms with Gasteiger partial charge < -0.3 is 4.90 Å². The minimum Gasteiger partial charge on any atom is -0.371 e. The van der Waals surface area contributed by atoms with Crippen molar-refractivity contribution in [2.24, 2.45) is 0 Å². The number of likely N-dealkylation sites (N-methyl/N-ethyl adjacent to an activating group) is 1. The maximum Gasteiger partial charge on any atom is 0.0404 e. The average molecular weight is 224 g/mol. The molecule has 2 heteroatoms. The fourth-order valence-electron chi connectivity index (χ4n) is 1.39. The molecule has 0 radical (unpaired) electrons. The lowest BCUT2D eigenvalue weighted by Gasteiger charge is -2.17. The second kappa shape index (κ2) is 6.52. The van der Waals surface area contributed by atoms with Crippen LogP contribution in [0.2, 0.25) is 0 Å². The fraction of sp³-hybridized carbons (Fsp3) is 0.385. The molecule has 0 spiro atoms. The quantitative estimate of drug-likeness (QED) is 0.546. The zero-order valence-corrected chi connectivity index (χ0v) is 10.2. The van der Waals surface area contributed by atoms with Gasteiger partial charge in [-0.05, 0) is 24.1 Å². The molecule has 0 atom stereocenters. The number of allylic oxidation sites excluding steroid dienone is 1. The van der Waals surface area contributed by atoms with Crippen molar-refractivity contribution in [3.63, 3.8) is 0 Å². The molecule has 0 bridgehead atoms. The highest BCUT2D eigenvalue weighted by molar-refractivity contribution is 6.18. The van der Waals surface area contributed by atoms with Gasteiger partial charge in [-0.2, -0.15) is 0 Å². The van der Waals surface area contributed by atoms with E-state index in [1.165, 1.54) is 11.3 Å². The van der Waals surface area contributed by atoms with Crippen molar-refractivity contribution in [1.82, 2.24) is 0 Å². The third kappa shape index (κ3) is 3.96. The molecule has 0 unspecified atom stereocenters. The van der Waals surface area contributed by atoms with E-state index in [9.17, 15) is 0 Å². The van der Waals surface area contributed by atoms with Gasteiger partial charge in [-0.15, -0.1) is 11.6 Å². The van der Waals surface area contributed by atoms with Gasteiger partial charge >= 0.3 is 0 Å². The number of nitrogens with zero attached hydrogens (tertiary/aromatic N) is 1. The maximum absolute atomic E-state index is 5.57. The molecule has 1 aromatic rings. The number of alkyl halides is 1. The molecule has 1 rings (SSSR count). The van der Waals surface area contributed by atoms with Gasteiger partial charge in [-0.1, -0.05) is 31.2 Å². The molecule has 0 amide bonds. The Labute approximate surface area is 97.4 Å². The Morgan fingerprint density at radius 1 is 1.20 bits per heavy atom. The summed E-state index contributed by atoms with van der Waals surface area (Å²) >= 11 is 5.57. The van der Waals surface area contributed by atoms with Gasteiger partial charge in [-0.3, -0.25) is 0 Å². The average Bonchev–Trinajstić information content (AvgIpc) is 2.29. The summed E-state index contributed by atoms with van der Waals surface area (Å²) in [6.07, 6.45) is 5.15. The molecule has 0 heterocycles. The highest BCUT2D eigenvalue weighted by Crippen LogP contribution is 2.13. The van der Waals surface area contributed by atoms with E-state index in [1.54, 1.807) is 0 Å². The fourth-order valence-corrected chi connectivity index (χ4v) is 1.51. The van der Waals surface area contributed by atoms with Gasteiger partial charge in [-0.25, -0.2) is 0 Å². The van der Waals surface area contributed by atoms with Crippen molar-refractivity contribution < 1.29 is 0 Å². The predicted octanol–water partition coefficient (Wildman–Crippen LogP) is 3.48. The SMILES string of the molecule is CCc1ccc(N(C)CC=CCCl)cc1. The number of benzene rings is 1. The summed E-state index contributed by atoms with van der Waals surface area (Å²) in [5.74, 6) is 0.586. The topological polar surface area (TPSA) is 3.24 Å². The third-order valence-electron chi connectivity index (χ3n) is 2.42. The van der Waals surface area contributed by atoms with Crippen LogP contribution in [0.5, 0.6) is 0 Å². The molecule has 82 valence electrons. The second-order valence-corrected chi connectivity index (χ2v) is 3.83. The second-order valence-electron chi connectivity index (χ2n) is 3.53.